The molecule has 190 valence electrons. The van der Waals surface area contributed by atoms with Gasteiger partial charge in [-0.2, -0.15) is 0 Å². The highest BCUT2D eigenvalue weighted by molar-refractivity contribution is 9.09. The Hall–Kier alpha value is -2.75. The molecule has 9 heteroatoms. The zero-order valence-corrected chi connectivity index (χ0v) is 21.5. The predicted molar refractivity (Wildman–Crippen MR) is 138 cm³/mol. The van der Waals surface area contributed by atoms with Crippen molar-refractivity contribution >= 4 is 50.2 Å². The molecule has 1 unspecified atom stereocenters. The van der Waals surface area contributed by atoms with Crippen LogP contribution in [0.1, 0.15) is 19.8 Å². The van der Waals surface area contributed by atoms with Crippen molar-refractivity contribution in [3.8, 4) is 0 Å². The van der Waals surface area contributed by atoms with Gasteiger partial charge in [-0.05, 0) is 35.7 Å². The van der Waals surface area contributed by atoms with Crippen LogP contribution in [0.4, 0.5) is 5.69 Å². The largest absolute Gasteiger partial charge is 0.481 e. The number of carboxylic acids is 1. The van der Waals surface area contributed by atoms with Crippen molar-refractivity contribution < 1.29 is 29.3 Å². The third-order valence-corrected chi connectivity index (χ3v) is 8.79. The minimum absolute atomic E-state index is 0.190. The zero-order valence-electron chi connectivity index (χ0n) is 19.9. The van der Waals surface area contributed by atoms with E-state index in [2.05, 4.69) is 22.5 Å². The molecule has 3 aliphatic rings. The Balaban J connectivity index is 1.63. The molecule has 2 amide bonds. The number of aliphatic carboxylic acids is 1. The van der Waals surface area contributed by atoms with Gasteiger partial charge in [0.1, 0.15) is 11.6 Å². The minimum atomic E-state index is -1.30. The fraction of sp³-hybridized carbons (Fsp3) is 0.444. The summed E-state index contributed by atoms with van der Waals surface area (Å²) in [4.78, 5) is 43.2. The van der Waals surface area contributed by atoms with Crippen LogP contribution in [-0.2, 0) is 19.1 Å². The number of fused-ring (bicyclic) bond motifs is 2. The molecule has 0 radical (unpaired) electrons. The highest BCUT2D eigenvalue weighted by atomic mass is 79.9. The average Bonchev–Trinajstić information content (AvgIpc) is 3.46. The highest BCUT2D eigenvalue weighted by Crippen LogP contribution is 2.60. The minimum Gasteiger partial charge on any atom is -0.481 e. The topological polar surface area (TPSA) is 107 Å². The van der Waals surface area contributed by atoms with E-state index in [4.69, 9.17) is 4.74 Å². The third kappa shape index (κ3) is 3.51. The van der Waals surface area contributed by atoms with Gasteiger partial charge < -0.3 is 24.7 Å². The maximum atomic E-state index is 14.4. The number of carbonyl (C=O) groups is 3. The molecule has 3 fully saturated rings. The summed E-state index contributed by atoms with van der Waals surface area (Å²) in [5.74, 6) is -4.00. The number of ether oxygens (including phenoxy) is 1. The Morgan fingerprint density at radius 1 is 1.31 bits per heavy atom. The molecule has 2 aromatic carbocycles. The van der Waals surface area contributed by atoms with Crippen molar-refractivity contribution in [3.05, 3.63) is 55.1 Å². The second-order valence-electron chi connectivity index (χ2n) is 9.76. The molecule has 0 aliphatic carbocycles. The van der Waals surface area contributed by atoms with Gasteiger partial charge in [0.25, 0.3) is 5.91 Å². The fourth-order valence-electron chi connectivity index (χ4n) is 6.38. The molecular weight excluding hydrogens is 528 g/mol. The standard InChI is InChI=1S/C27H29BrN2O6/c1-3-11-29(18-10-9-15-7-5-6-8-16(15)12-18)25(33)23-27-13-19(28)22(36-27)20(26(34)35)21(27)24(32)30(23)17(4-2)14-31/h3,5-10,12,17,19-23,31H,1,4,11,13-14H2,2H3,(H,34,35)/t17-,19?,20-,21+,22-,23-,27+/m0/s1. The van der Waals surface area contributed by atoms with Gasteiger partial charge in [-0.1, -0.05) is 59.3 Å². The number of rotatable bonds is 8. The lowest BCUT2D eigenvalue weighted by molar-refractivity contribution is -0.150. The van der Waals surface area contributed by atoms with Crippen LogP contribution < -0.4 is 4.90 Å². The number of benzene rings is 2. The predicted octanol–water partition coefficient (Wildman–Crippen LogP) is 2.96. The number of aliphatic hydroxyl groups is 1. The molecule has 0 saturated carbocycles. The maximum absolute atomic E-state index is 14.4. The quantitative estimate of drug-likeness (QED) is 0.382. The Bertz CT molecular complexity index is 1230. The van der Waals surface area contributed by atoms with Crippen molar-refractivity contribution in [2.75, 3.05) is 18.1 Å². The van der Waals surface area contributed by atoms with Gasteiger partial charge in [-0.3, -0.25) is 14.4 Å². The number of carbonyl (C=O) groups excluding carboxylic acids is 2. The van der Waals surface area contributed by atoms with E-state index in [9.17, 15) is 24.6 Å². The number of halogens is 1. The number of amides is 2. The molecule has 2 bridgehead atoms. The van der Waals surface area contributed by atoms with Crippen LogP contribution >= 0.6 is 15.9 Å². The first-order valence-corrected chi connectivity index (χ1v) is 13.1. The smallest absolute Gasteiger partial charge is 0.310 e. The number of alkyl halides is 1. The summed E-state index contributed by atoms with van der Waals surface area (Å²) >= 11 is 3.55. The lowest BCUT2D eigenvalue weighted by Crippen LogP contribution is -2.59. The summed E-state index contributed by atoms with van der Waals surface area (Å²) in [5.41, 5.74) is -0.657. The van der Waals surface area contributed by atoms with Gasteiger partial charge in [0.05, 0.1) is 30.6 Å². The molecule has 5 rings (SSSR count). The number of hydrogen-bond donors (Lipinski definition) is 2. The van der Waals surface area contributed by atoms with Crippen LogP contribution in [-0.4, -0.2) is 74.7 Å². The average molecular weight is 557 g/mol. The zero-order chi connectivity index (χ0) is 25.8. The van der Waals surface area contributed by atoms with Gasteiger partial charge in [0.15, 0.2) is 0 Å². The summed E-state index contributed by atoms with van der Waals surface area (Å²) in [6.45, 7) is 5.50. The SMILES string of the molecule is C=CCN(C(=O)[C@@H]1N([C@@H](CC)CO)C(=O)[C@H]2[C@H](C(=O)O)[C@H]3O[C@@]12CC3Br)c1ccc2ccccc2c1. The number of carboxylic acid groups (broad SMARTS) is 1. The second-order valence-corrected chi connectivity index (χ2v) is 10.9. The van der Waals surface area contributed by atoms with E-state index < -0.39 is 47.5 Å². The molecule has 3 saturated heterocycles. The fourth-order valence-corrected chi connectivity index (χ4v) is 7.32. The number of likely N-dealkylation sites (tertiary alicyclic amines) is 1. The number of anilines is 1. The van der Waals surface area contributed by atoms with Crippen LogP contribution in [0, 0.1) is 11.8 Å². The van der Waals surface area contributed by atoms with Gasteiger partial charge in [-0.25, -0.2) is 0 Å². The van der Waals surface area contributed by atoms with Crippen molar-refractivity contribution in [1.29, 1.82) is 0 Å². The Kier molecular flexibility index (Phi) is 6.43. The summed E-state index contributed by atoms with van der Waals surface area (Å²) in [7, 11) is 0. The molecule has 0 aromatic heterocycles. The molecule has 1 spiro atoms. The Labute approximate surface area is 217 Å². The van der Waals surface area contributed by atoms with Gasteiger partial charge in [-0.15, -0.1) is 6.58 Å². The lowest BCUT2D eigenvalue weighted by atomic mass is 9.70. The number of nitrogens with zero attached hydrogens (tertiary/aromatic N) is 2. The molecule has 3 aliphatic heterocycles. The van der Waals surface area contributed by atoms with E-state index in [0.29, 0.717) is 18.5 Å². The molecule has 3 heterocycles. The Morgan fingerprint density at radius 3 is 2.67 bits per heavy atom. The van der Waals surface area contributed by atoms with Crippen LogP contribution in [0.2, 0.25) is 0 Å². The van der Waals surface area contributed by atoms with Crippen molar-refractivity contribution in [1.82, 2.24) is 4.90 Å². The van der Waals surface area contributed by atoms with E-state index in [1.807, 2.05) is 49.4 Å². The molecule has 7 atom stereocenters. The third-order valence-electron chi connectivity index (χ3n) is 7.94. The van der Waals surface area contributed by atoms with E-state index in [1.165, 1.54) is 4.90 Å². The summed E-state index contributed by atoms with van der Waals surface area (Å²) in [5, 5.41) is 22.1. The van der Waals surface area contributed by atoms with Crippen molar-refractivity contribution in [2.45, 2.75) is 48.4 Å². The first kappa shape index (κ1) is 24.9. The summed E-state index contributed by atoms with van der Waals surface area (Å²) in [6.07, 6.45) is 1.64. The monoisotopic (exact) mass is 556 g/mol. The van der Waals surface area contributed by atoms with E-state index in [0.717, 1.165) is 10.8 Å². The van der Waals surface area contributed by atoms with Crippen molar-refractivity contribution in [2.24, 2.45) is 11.8 Å². The highest BCUT2D eigenvalue weighted by Gasteiger charge is 2.77. The maximum Gasteiger partial charge on any atom is 0.310 e. The summed E-state index contributed by atoms with van der Waals surface area (Å²) in [6, 6.07) is 11.8. The lowest BCUT2D eigenvalue weighted by Gasteiger charge is -2.39. The first-order chi connectivity index (χ1) is 17.3. The molecular formula is C27H29BrN2O6. The van der Waals surface area contributed by atoms with Gasteiger partial charge in [0, 0.05) is 17.1 Å². The Morgan fingerprint density at radius 2 is 2.03 bits per heavy atom. The van der Waals surface area contributed by atoms with Crippen LogP contribution in [0.25, 0.3) is 10.8 Å². The van der Waals surface area contributed by atoms with E-state index >= 15 is 0 Å². The summed E-state index contributed by atoms with van der Waals surface area (Å²) < 4.78 is 6.33. The number of hydrogen-bond acceptors (Lipinski definition) is 5. The molecule has 8 nitrogen and oxygen atoms in total. The van der Waals surface area contributed by atoms with E-state index in [-0.39, 0.29) is 23.9 Å². The van der Waals surface area contributed by atoms with Crippen molar-refractivity contribution in [3.63, 3.8) is 0 Å². The van der Waals surface area contributed by atoms with Crippen LogP contribution in [0.5, 0.6) is 0 Å². The van der Waals surface area contributed by atoms with Crippen LogP contribution in [0.3, 0.4) is 0 Å². The van der Waals surface area contributed by atoms with Crippen LogP contribution in [0.15, 0.2) is 55.1 Å². The van der Waals surface area contributed by atoms with E-state index in [1.54, 1.807) is 11.0 Å². The molecule has 2 aromatic rings. The molecule has 36 heavy (non-hydrogen) atoms. The van der Waals surface area contributed by atoms with Gasteiger partial charge >= 0.3 is 5.97 Å². The number of aliphatic hydroxyl groups excluding tert-OH is 1. The van der Waals surface area contributed by atoms with Gasteiger partial charge in [0.2, 0.25) is 5.91 Å². The second kappa shape index (κ2) is 9.28. The first-order valence-electron chi connectivity index (χ1n) is 12.2. The molecule has 2 N–H and O–H groups in total. The normalized spacial score (nSPS) is 31.5.